The van der Waals surface area contributed by atoms with Crippen molar-refractivity contribution < 1.29 is 25.2 Å². The van der Waals surface area contributed by atoms with E-state index in [-0.39, 0.29) is 11.3 Å². The molecule has 82 valence electrons. The van der Waals surface area contributed by atoms with Gasteiger partial charge in [-0.2, -0.15) is 0 Å². The summed E-state index contributed by atoms with van der Waals surface area (Å²) in [5.41, 5.74) is -0.0342. The van der Waals surface area contributed by atoms with Crippen LogP contribution in [0.4, 0.5) is 0 Å². The van der Waals surface area contributed by atoms with Gasteiger partial charge in [-0.25, -0.2) is 4.79 Å². The van der Waals surface area contributed by atoms with Crippen molar-refractivity contribution in [3.05, 3.63) is 28.2 Å². The van der Waals surface area contributed by atoms with Gasteiger partial charge in [0.15, 0.2) is 6.10 Å². The number of phenols is 1. The van der Waals surface area contributed by atoms with Crippen molar-refractivity contribution in [2.75, 3.05) is 0 Å². The molecule has 1 aromatic carbocycles. The second kappa shape index (κ2) is 4.61. The molecule has 0 aliphatic heterocycles. The van der Waals surface area contributed by atoms with Gasteiger partial charge in [0.1, 0.15) is 11.9 Å². The van der Waals surface area contributed by atoms with E-state index in [9.17, 15) is 15.0 Å². The second-order valence-electron chi connectivity index (χ2n) is 2.93. The van der Waals surface area contributed by atoms with Crippen LogP contribution in [0.2, 0.25) is 0 Å². The third kappa shape index (κ3) is 2.68. The quantitative estimate of drug-likeness (QED) is 0.649. The Morgan fingerprint density at radius 3 is 2.40 bits per heavy atom. The summed E-state index contributed by atoms with van der Waals surface area (Å²) in [5.74, 6) is -1.83. The van der Waals surface area contributed by atoms with Crippen molar-refractivity contribution in [1.82, 2.24) is 0 Å². The topological polar surface area (TPSA) is 98.0 Å². The number of carbonyl (C=O) groups is 1. The first-order valence-corrected chi connectivity index (χ1v) is 4.80. The molecule has 0 spiro atoms. The Morgan fingerprint density at radius 2 is 1.93 bits per heavy atom. The van der Waals surface area contributed by atoms with Crippen LogP contribution in [0.1, 0.15) is 11.7 Å². The SMILES string of the molecule is O=C(O)C(O)C(O)c1ccc(Br)cc1O. The number of rotatable bonds is 3. The minimum absolute atomic E-state index is 0.0342. The Labute approximate surface area is 93.7 Å². The Kier molecular flexibility index (Phi) is 3.67. The predicted molar refractivity (Wildman–Crippen MR) is 54.4 cm³/mol. The van der Waals surface area contributed by atoms with E-state index in [0.29, 0.717) is 4.47 Å². The van der Waals surface area contributed by atoms with Crippen molar-refractivity contribution in [3.63, 3.8) is 0 Å². The number of aliphatic hydroxyl groups is 2. The molecule has 0 heterocycles. The van der Waals surface area contributed by atoms with E-state index in [1.165, 1.54) is 18.2 Å². The van der Waals surface area contributed by atoms with E-state index in [1.54, 1.807) is 0 Å². The summed E-state index contributed by atoms with van der Waals surface area (Å²) in [6, 6.07) is 4.15. The number of carboxylic acids is 1. The fourth-order valence-corrected chi connectivity index (χ4v) is 1.42. The number of aromatic hydroxyl groups is 1. The summed E-state index contributed by atoms with van der Waals surface area (Å²) in [6.07, 6.45) is -3.62. The number of hydrogen-bond acceptors (Lipinski definition) is 4. The highest BCUT2D eigenvalue weighted by molar-refractivity contribution is 9.10. The lowest BCUT2D eigenvalue weighted by Gasteiger charge is -2.15. The Morgan fingerprint density at radius 1 is 1.33 bits per heavy atom. The number of carboxylic acid groups (broad SMARTS) is 1. The summed E-state index contributed by atoms with van der Waals surface area (Å²) in [7, 11) is 0. The van der Waals surface area contributed by atoms with Gasteiger partial charge in [-0.05, 0) is 12.1 Å². The first kappa shape index (κ1) is 12.0. The normalized spacial score (nSPS) is 14.6. The summed E-state index contributed by atoms with van der Waals surface area (Å²) in [4.78, 5) is 10.4. The third-order valence-electron chi connectivity index (χ3n) is 1.86. The monoisotopic (exact) mass is 276 g/mol. The maximum Gasteiger partial charge on any atom is 0.335 e. The summed E-state index contributed by atoms with van der Waals surface area (Å²) >= 11 is 3.09. The number of halogens is 1. The zero-order valence-electron chi connectivity index (χ0n) is 7.46. The van der Waals surface area contributed by atoms with Crippen LogP contribution < -0.4 is 0 Å². The Balaban J connectivity index is 3.01. The van der Waals surface area contributed by atoms with Crippen molar-refractivity contribution >= 4 is 21.9 Å². The zero-order valence-corrected chi connectivity index (χ0v) is 9.05. The highest BCUT2D eigenvalue weighted by Crippen LogP contribution is 2.29. The first-order chi connectivity index (χ1) is 6.93. The number of benzene rings is 1. The summed E-state index contributed by atoms with van der Waals surface area (Å²) in [6.45, 7) is 0. The average Bonchev–Trinajstić information content (AvgIpc) is 2.15. The average molecular weight is 277 g/mol. The molecule has 0 amide bonds. The van der Waals surface area contributed by atoms with E-state index >= 15 is 0 Å². The number of aliphatic hydroxyl groups excluding tert-OH is 2. The molecule has 0 bridgehead atoms. The molecule has 0 saturated heterocycles. The van der Waals surface area contributed by atoms with Gasteiger partial charge in [-0.3, -0.25) is 0 Å². The maximum atomic E-state index is 10.4. The molecule has 2 atom stereocenters. The van der Waals surface area contributed by atoms with Gasteiger partial charge in [0.05, 0.1) is 0 Å². The molecule has 0 aliphatic rings. The van der Waals surface area contributed by atoms with Crippen molar-refractivity contribution in [2.45, 2.75) is 12.2 Å². The predicted octanol–water partition coefficient (Wildman–Crippen LogP) is 0.634. The molecule has 0 aromatic heterocycles. The van der Waals surface area contributed by atoms with Crippen LogP contribution in [0, 0.1) is 0 Å². The maximum absolute atomic E-state index is 10.4. The molecule has 0 aliphatic carbocycles. The van der Waals surface area contributed by atoms with Crippen LogP contribution in [0.5, 0.6) is 5.75 Å². The van der Waals surface area contributed by atoms with Gasteiger partial charge in [-0.1, -0.05) is 22.0 Å². The minimum atomic E-state index is -1.96. The van der Waals surface area contributed by atoms with Crippen LogP contribution >= 0.6 is 15.9 Å². The molecule has 2 unspecified atom stereocenters. The van der Waals surface area contributed by atoms with Crippen LogP contribution in [0.3, 0.4) is 0 Å². The molecule has 4 N–H and O–H groups in total. The van der Waals surface area contributed by atoms with Crippen LogP contribution in [-0.2, 0) is 4.79 Å². The van der Waals surface area contributed by atoms with E-state index in [2.05, 4.69) is 15.9 Å². The highest BCUT2D eigenvalue weighted by Gasteiger charge is 2.27. The lowest BCUT2D eigenvalue weighted by atomic mass is 10.0. The standard InChI is InChI=1S/C9H9BrO5/c10-4-1-2-5(6(11)3-4)7(12)8(13)9(14)15/h1-3,7-8,11-13H,(H,14,15). The van der Waals surface area contributed by atoms with Crippen LogP contribution in [0.25, 0.3) is 0 Å². The highest BCUT2D eigenvalue weighted by atomic mass is 79.9. The van der Waals surface area contributed by atoms with Gasteiger partial charge < -0.3 is 20.4 Å². The lowest BCUT2D eigenvalue weighted by Crippen LogP contribution is -2.27. The molecule has 1 aromatic rings. The van der Waals surface area contributed by atoms with Crippen LogP contribution in [0.15, 0.2) is 22.7 Å². The van der Waals surface area contributed by atoms with E-state index in [4.69, 9.17) is 10.2 Å². The Bertz CT molecular complexity index is 379. The first-order valence-electron chi connectivity index (χ1n) is 4.01. The largest absolute Gasteiger partial charge is 0.508 e. The number of hydrogen-bond donors (Lipinski definition) is 4. The Hall–Kier alpha value is -1.11. The lowest BCUT2D eigenvalue weighted by molar-refractivity contribution is -0.153. The van der Waals surface area contributed by atoms with Gasteiger partial charge in [0.25, 0.3) is 0 Å². The molecule has 0 radical (unpaired) electrons. The van der Waals surface area contributed by atoms with Gasteiger partial charge in [0, 0.05) is 10.0 Å². The van der Waals surface area contributed by atoms with Crippen molar-refractivity contribution in [3.8, 4) is 5.75 Å². The molecule has 1 rings (SSSR count). The third-order valence-corrected chi connectivity index (χ3v) is 2.36. The molecule has 15 heavy (non-hydrogen) atoms. The van der Waals surface area contributed by atoms with E-state index in [1.807, 2.05) is 0 Å². The molecule has 0 fully saturated rings. The van der Waals surface area contributed by atoms with Crippen LogP contribution in [-0.4, -0.2) is 32.5 Å². The molecule has 0 saturated carbocycles. The molecule has 5 nitrogen and oxygen atoms in total. The number of aliphatic carboxylic acids is 1. The summed E-state index contributed by atoms with van der Waals surface area (Å²) in [5, 5.41) is 36.4. The second-order valence-corrected chi connectivity index (χ2v) is 3.85. The minimum Gasteiger partial charge on any atom is -0.508 e. The van der Waals surface area contributed by atoms with Crippen molar-refractivity contribution in [1.29, 1.82) is 0 Å². The summed E-state index contributed by atoms with van der Waals surface area (Å²) < 4.78 is 0.584. The fourth-order valence-electron chi connectivity index (χ4n) is 1.07. The zero-order chi connectivity index (χ0) is 11.6. The van der Waals surface area contributed by atoms with Crippen molar-refractivity contribution in [2.24, 2.45) is 0 Å². The van der Waals surface area contributed by atoms with Gasteiger partial charge >= 0.3 is 5.97 Å². The van der Waals surface area contributed by atoms with E-state index in [0.717, 1.165) is 0 Å². The molecular weight excluding hydrogens is 268 g/mol. The van der Waals surface area contributed by atoms with Gasteiger partial charge in [-0.15, -0.1) is 0 Å². The fraction of sp³-hybridized carbons (Fsp3) is 0.222. The smallest absolute Gasteiger partial charge is 0.335 e. The van der Waals surface area contributed by atoms with E-state index < -0.39 is 18.2 Å². The number of phenolic OH excluding ortho intramolecular Hbond substituents is 1. The van der Waals surface area contributed by atoms with Gasteiger partial charge in [0.2, 0.25) is 0 Å². The molecule has 6 heteroatoms. The molecular formula is C9H9BrO5.